The Bertz CT molecular complexity index is 667. The van der Waals surface area contributed by atoms with Crippen molar-refractivity contribution in [2.24, 2.45) is 0 Å². The first kappa shape index (κ1) is 16.6. The Kier molecular flexibility index (Phi) is 4.80. The second-order valence-electron chi connectivity index (χ2n) is 5.49. The first-order chi connectivity index (χ1) is 11.0. The maximum atomic E-state index is 11.5. The lowest BCUT2D eigenvalue weighted by Crippen LogP contribution is -2.40. The summed E-state index contributed by atoms with van der Waals surface area (Å²) in [7, 11) is 0. The number of hydrogen-bond acceptors (Lipinski definition) is 4. The second kappa shape index (κ2) is 6.67. The van der Waals surface area contributed by atoms with Crippen LogP contribution in [0.5, 0.6) is 5.75 Å². The number of fused-ring (bicyclic) bond motifs is 2. The van der Waals surface area contributed by atoms with Crippen LogP contribution < -0.4 is 10.1 Å². The summed E-state index contributed by atoms with van der Waals surface area (Å²) in [5.41, 5.74) is 0.759. The summed E-state index contributed by atoms with van der Waals surface area (Å²) in [6.45, 7) is 0.896. The van der Waals surface area contributed by atoms with Crippen LogP contribution in [0.4, 0.5) is 0 Å². The summed E-state index contributed by atoms with van der Waals surface area (Å²) in [6.07, 6.45) is 0. The fourth-order valence-corrected chi connectivity index (χ4v) is 3.19. The molecule has 1 aliphatic heterocycles. The van der Waals surface area contributed by atoms with E-state index in [4.69, 9.17) is 33.0 Å². The van der Waals surface area contributed by atoms with Crippen LogP contribution in [0.1, 0.15) is 16.7 Å². The number of hydrogen-bond donors (Lipinski definition) is 3. The quantitative estimate of drug-likeness (QED) is 0.739. The average molecular weight is 354 g/mol. The molecule has 3 N–H and O–H groups in total. The van der Waals surface area contributed by atoms with Gasteiger partial charge in [0.2, 0.25) is 0 Å². The van der Waals surface area contributed by atoms with Gasteiger partial charge in [0.25, 0.3) is 0 Å². The second-order valence-corrected chi connectivity index (χ2v) is 6.36. The van der Waals surface area contributed by atoms with Crippen LogP contribution in [0, 0.1) is 0 Å². The van der Waals surface area contributed by atoms with Crippen molar-refractivity contribution in [1.29, 1.82) is 0 Å². The fourth-order valence-electron chi connectivity index (χ4n) is 2.85. The zero-order chi connectivity index (χ0) is 16.4. The third-order valence-electron chi connectivity index (χ3n) is 3.96. The summed E-state index contributed by atoms with van der Waals surface area (Å²) in [6, 6.07) is 10.5. The van der Waals surface area contributed by atoms with Gasteiger partial charge in [-0.15, -0.1) is 0 Å². The Morgan fingerprint density at radius 2 is 1.78 bits per heavy atom. The van der Waals surface area contributed by atoms with Crippen molar-refractivity contribution in [3.63, 3.8) is 0 Å². The molecule has 1 atom stereocenters. The van der Waals surface area contributed by atoms with Gasteiger partial charge < -0.3 is 20.3 Å². The van der Waals surface area contributed by atoms with E-state index in [1.807, 2.05) is 6.07 Å². The van der Waals surface area contributed by atoms with E-state index in [1.165, 1.54) is 0 Å². The number of aliphatic hydroxyl groups is 2. The number of benzene rings is 2. The van der Waals surface area contributed by atoms with Crippen LogP contribution in [-0.2, 0) is 12.2 Å². The number of nitrogens with one attached hydrogen (secondary N) is 1. The van der Waals surface area contributed by atoms with Crippen LogP contribution >= 0.6 is 23.2 Å². The molecule has 2 aromatic rings. The number of ether oxygens (including phenoxy) is 1. The Morgan fingerprint density at radius 3 is 2.52 bits per heavy atom. The molecule has 0 spiro atoms. The molecule has 1 heterocycles. The summed E-state index contributed by atoms with van der Waals surface area (Å²) < 4.78 is 5.83. The molecule has 0 saturated heterocycles. The molecule has 6 heteroatoms. The van der Waals surface area contributed by atoms with Gasteiger partial charge in [0.05, 0.1) is 6.61 Å². The van der Waals surface area contributed by atoms with E-state index in [1.54, 1.807) is 30.3 Å². The Hall–Kier alpha value is -1.30. The maximum absolute atomic E-state index is 11.5. The largest absolute Gasteiger partial charge is 0.488 e. The van der Waals surface area contributed by atoms with Gasteiger partial charge in [-0.1, -0.05) is 29.3 Å². The van der Waals surface area contributed by atoms with Crippen molar-refractivity contribution in [2.75, 3.05) is 19.7 Å². The molecule has 0 saturated carbocycles. The van der Waals surface area contributed by atoms with E-state index in [0.29, 0.717) is 40.1 Å². The molecule has 0 bridgehead atoms. The van der Waals surface area contributed by atoms with Gasteiger partial charge in [-0.25, -0.2) is 0 Å². The van der Waals surface area contributed by atoms with Gasteiger partial charge in [-0.2, -0.15) is 0 Å². The van der Waals surface area contributed by atoms with Crippen LogP contribution in [0.25, 0.3) is 0 Å². The van der Waals surface area contributed by atoms with Gasteiger partial charge in [0, 0.05) is 28.7 Å². The highest BCUT2D eigenvalue weighted by atomic mass is 35.5. The zero-order valence-corrected chi connectivity index (χ0v) is 13.9. The predicted octanol–water partition coefficient (Wildman–Crippen LogP) is 2.70. The summed E-state index contributed by atoms with van der Waals surface area (Å²) in [5, 5.41) is 24.6. The van der Waals surface area contributed by atoms with Crippen LogP contribution in [0.2, 0.25) is 10.0 Å². The Morgan fingerprint density at radius 1 is 1.09 bits per heavy atom. The summed E-state index contributed by atoms with van der Waals surface area (Å²) in [5.74, 6) is 0.579. The lowest BCUT2D eigenvalue weighted by Gasteiger charge is -2.30. The highest BCUT2D eigenvalue weighted by Crippen LogP contribution is 2.42. The van der Waals surface area contributed by atoms with E-state index in [9.17, 15) is 5.11 Å². The molecule has 2 aromatic carbocycles. The normalized spacial score (nSPS) is 19.5. The molecule has 122 valence electrons. The number of rotatable bonds is 4. The molecule has 0 fully saturated rings. The number of aliphatic hydroxyl groups excluding tert-OH is 1. The molecule has 0 aliphatic carbocycles. The van der Waals surface area contributed by atoms with Gasteiger partial charge in [0.1, 0.15) is 18.0 Å². The molecular weight excluding hydrogens is 337 g/mol. The van der Waals surface area contributed by atoms with Gasteiger partial charge >= 0.3 is 0 Å². The minimum absolute atomic E-state index is 0.0165. The monoisotopic (exact) mass is 353 g/mol. The molecule has 0 aromatic heterocycles. The first-order valence-corrected chi connectivity index (χ1v) is 8.06. The van der Waals surface area contributed by atoms with E-state index in [2.05, 4.69) is 5.32 Å². The number of halogens is 2. The van der Waals surface area contributed by atoms with Gasteiger partial charge in [0.15, 0.2) is 0 Å². The summed E-state index contributed by atoms with van der Waals surface area (Å²) >= 11 is 12.3. The smallest absolute Gasteiger partial charge is 0.131 e. The Balaban J connectivity index is 2.17. The molecule has 3 rings (SSSR count). The lowest BCUT2D eigenvalue weighted by molar-refractivity contribution is 0.0779. The third-order valence-corrected chi connectivity index (χ3v) is 4.43. The molecule has 0 radical (unpaired) electrons. The summed E-state index contributed by atoms with van der Waals surface area (Å²) in [4.78, 5) is 0. The maximum Gasteiger partial charge on any atom is 0.131 e. The SMILES string of the molecule is OCCNCC1(O)c2cc(Cl)ccc2COc2ccc(Cl)cc21. The molecule has 1 aliphatic rings. The van der Waals surface area contributed by atoms with E-state index < -0.39 is 5.60 Å². The molecule has 23 heavy (non-hydrogen) atoms. The average Bonchev–Trinajstić information content (AvgIpc) is 2.64. The molecular formula is C17H17Cl2NO3. The fraction of sp³-hybridized carbons (Fsp3) is 0.294. The van der Waals surface area contributed by atoms with Gasteiger partial charge in [-0.05, 0) is 41.5 Å². The van der Waals surface area contributed by atoms with Crippen LogP contribution in [-0.4, -0.2) is 29.9 Å². The molecule has 1 unspecified atom stereocenters. The van der Waals surface area contributed by atoms with Crippen LogP contribution in [0.15, 0.2) is 36.4 Å². The molecule has 4 nitrogen and oxygen atoms in total. The van der Waals surface area contributed by atoms with Crippen molar-refractivity contribution in [1.82, 2.24) is 5.32 Å². The highest BCUT2D eigenvalue weighted by Gasteiger charge is 2.38. The van der Waals surface area contributed by atoms with Crippen LogP contribution in [0.3, 0.4) is 0 Å². The third kappa shape index (κ3) is 3.18. The highest BCUT2D eigenvalue weighted by molar-refractivity contribution is 6.31. The van der Waals surface area contributed by atoms with Crippen molar-refractivity contribution in [2.45, 2.75) is 12.2 Å². The predicted molar refractivity (Wildman–Crippen MR) is 90.2 cm³/mol. The molecule has 0 amide bonds. The van der Waals surface area contributed by atoms with Crippen molar-refractivity contribution < 1.29 is 14.9 Å². The lowest BCUT2D eigenvalue weighted by atomic mass is 9.83. The minimum Gasteiger partial charge on any atom is -0.488 e. The minimum atomic E-state index is -1.36. The van der Waals surface area contributed by atoms with Crippen molar-refractivity contribution >= 4 is 23.2 Å². The van der Waals surface area contributed by atoms with Crippen molar-refractivity contribution in [3.05, 3.63) is 63.1 Å². The van der Waals surface area contributed by atoms with E-state index in [0.717, 1.165) is 5.56 Å². The topological polar surface area (TPSA) is 61.7 Å². The van der Waals surface area contributed by atoms with Crippen molar-refractivity contribution in [3.8, 4) is 5.75 Å². The Labute approximate surface area is 144 Å². The first-order valence-electron chi connectivity index (χ1n) is 7.30. The van der Waals surface area contributed by atoms with Gasteiger partial charge in [-0.3, -0.25) is 0 Å². The van der Waals surface area contributed by atoms with E-state index >= 15 is 0 Å². The van der Waals surface area contributed by atoms with E-state index in [-0.39, 0.29) is 13.2 Å². The zero-order valence-electron chi connectivity index (χ0n) is 12.4. The standard InChI is InChI=1S/C17H17Cl2NO3/c18-12-2-1-11-9-23-16-4-3-13(19)8-15(16)17(22,14(11)7-12)10-20-5-6-21/h1-4,7-8,20-22H,5-6,9-10H2.